The van der Waals surface area contributed by atoms with Gasteiger partial charge in [0.05, 0.1) is 18.9 Å². The Balaban J connectivity index is 2.58. The van der Waals surface area contributed by atoms with Crippen LogP contribution in [0.2, 0.25) is 0 Å². The molecule has 0 saturated carbocycles. The molecule has 1 aliphatic heterocycles. The number of β-amino-alcohol motifs (C(OH)–C–C–N with tert-alkyl or cyclic N) is 1. The number of hydrogen-bond acceptors (Lipinski definition) is 4. The molecule has 0 aromatic carbocycles. The second-order valence-corrected chi connectivity index (χ2v) is 2.23. The number of hydrogen-bond donors (Lipinski definition) is 3. The van der Waals surface area contributed by atoms with E-state index in [1.165, 1.54) is 7.11 Å². The first-order chi connectivity index (χ1) is 4.74. The third kappa shape index (κ3) is 1.33. The van der Waals surface area contributed by atoms with Crippen LogP contribution in [0.1, 0.15) is 6.42 Å². The van der Waals surface area contributed by atoms with Gasteiger partial charge in [-0.1, -0.05) is 0 Å². The molecule has 0 bridgehead atoms. The molecule has 1 rings (SSSR count). The van der Waals surface area contributed by atoms with Crippen molar-refractivity contribution in [2.24, 2.45) is 0 Å². The first-order valence-corrected chi connectivity index (χ1v) is 3.12. The minimum absolute atomic E-state index is 0.128. The molecular formula is C6H11NO3. The largest absolute Gasteiger partial charge is 0.480 e. The molecule has 1 saturated heterocycles. The number of aliphatic hydroxyl groups is 2. The highest BCUT2D eigenvalue weighted by Gasteiger charge is 2.19. The summed E-state index contributed by atoms with van der Waals surface area (Å²) in [6.45, 7) is 0.489. The van der Waals surface area contributed by atoms with E-state index in [2.05, 4.69) is 10.1 Å². The summed E-state index contributed by atoms with van der Waals surface area (Å²) in [5, 5.41) is 20.8. The smallest absolute Gasteiger partial charge is 0.296 e. The van der Waals surface area contributed by atoms with E-state index in [0.717, 1.165) is 0 Å². The molecule has 10 heavy (non-hydrogen) atoms. The van der Waals surface area contributed by atoms with Crippen LogP contribution in [0.4, 0.5) is 0 Å². The minimum Gasteiger partial charge on any atom is -0.480 e. The SMILES string of the molecule is CO/C(O)=C1/C[C@@H](O)CN1. The van der Waals surface area contributed by atoms with Crippen LogP contribution in [0.3, 0.4) is 0 Å². The van der Waals surface area contributed by atoms with Gasteiger partial charge in [0.25, 0.3) is 5.95 Å². The van der Waals surface area contributed by atoms with Gasteiger partial charge < -0.3 is 20.3 Å². The average molecular weight is 145 g/mol. The molecule has 4 heteroatoms. The molecule has 58 valence electrons. The zero-order valence-electron chi connectivity index (χ0n) is 5.79. The van der Waals surface area contributed by atoms with Crippen molar-refractivity contribution in [2.75, 3.05) is 13.7 Å². The van der Waals surface area contributed by atoms with Gasteiger partial charge in [-0.3, -0.25) is 0 Å². The second kappa shape index (κ2) is 2.79. The van der Waals surface area contributed by atoms with Crippen molar-refractivity contribution in [3.8, 4) is 0 Å². The summed E-state index contributed by atoms with van der Waals surface area (Å²) in [4.78, 5) is 0. The van der Waals surface area contributed by atoms with E-state index >= 15 is 0 Å². The van der Waals surface area contributed by atoms with E-state index in [9.17, 15) is 0 Å². The Labute approximate surface area is 59.1 Å². The number of methoxy groups -OCH3 is 1. The fraction of sp³-hybridized carbons (Fsp3) is 0.667. The molecule has 0 aliphatic carbocycles. The average Bonchev–Trinajstić information content (AvgIpc) is 2.34. The summed E-state index contributed by atoms with van der Waals surface area (Å²) in [7, 11) is 1.38. The molecule has 0 radical (unpaired) electrons. The lowest BCUT2D eigenvalue weighted by molar-refractivity contribution is 0.127. The third-order valence-electron chi connectivity index (χ3n) is 1.44. The molecule has 0 aromatic heterocycles. The van der Waals surface area contributed by atoms with E-state index in [1.54, 1.807) is 0 Å². The Hall–Kier alpha value is -0.900. The summed E-state index contributed by atoms with van der Waals surface area (Å²) in [5.74, 6) is -0.128. The van der Waals surface area contributed by atoms with Crippen LogP contribution in [-0.4, -0.2) is 30.0 Å². The Morgan fingerprint density at radius 1 is 1.80 bits per heavy atom. The van der Waals surface area contributed by atoms with Crippen LogP contribution in [0.25, 0.3) is 0 Å². The van der Waals surface area contributed by atoms with Gasteiger partial charge in [0.15, 0.2) is 0 Å². The molecule has 0 spiro atoms. The van der Waals surface area contributed by atoms with E-state index in [-0.39, 0.29) is 5.95 Å². The van der Waals surface area contributed by atoms with Gasteiger partial charge in [-0.15, -0.1) is 0 Å². The first-order valence-electron chi connectivity index (χ1n) is 3.12. The lowest BCUT2D eigenvalue weighted by Gasteiger charge is -2.00. The fourth-order valence-corrected chi connectivity index (χ4v) is 0.907. The lowest BCUT2D eigenvalue weighted by atomic mass is 10.3. The van der Waals surface area contributed by atoms with Crippen molar-refractivity contribution in [3.05, 3.63) is 11.6 Å². The third-order valence-corrected chi connectivity index (χ3v) is 1.44. The van der Waals surface area contributed by atoms with Crippen molar-refractivity contribution in [1.82, 2.24) is 5.32 Å². The number of rotatable bonds is 1. The maximum atomic E-state index is 8.98. The number of aliphatic hydroxyl groups excluding tert-OH is 2. The maximum absolute atomic E-state index is 8.98. The predicted octanol–water partition coefficient (Wildman–Crippen LogP) is -0.286. The van der Waals surface area contributed by atoms with Crippen molar-refractivity contribution < 1.29 is 14.9 Å². The van der Waals surface area contributed by atoms with Gasteiger partial charge in [0.2, 0.25) is 0 Å². The topological polar surface area (TPSA) is 61.7 Å². The Morgan fingerprint density at radius 2 is 2.50 bits per heavy atom. The normalized spacial score (nSPS) is 29.6. The van der Waals surface area contributed by atoms with Crippen LogP contribution < -0.4 is 5.32 Å². The molecule has 0 aromatic rings. The highest BCUT2D eigenvalue weighted by atomic mass is 16.6. The van der Waals surface area contributed by atoms with Crippen LogP contribution in [-0.2, 0) is 4.74 Å². The zero-order chi connectivity index (χ0) is 7.56. The Bertz CT molecular complexity index is 155. The summed E-state index contributed by atoms with van der Waals surface area (Å²) in [5.41, 5.74) is 0.579. The lowest BCUT2D eigenvalue weighted by Crippen LogP contribution is -2.12. The molecule has 0 amide bonds. The minimum atomic E-state index is -0.396. The Kier molecular flexibility index (Phi) is 2.01. The fourth-order valence-electron chi connectivity index (χ4n) is 0.907. The number of nitrogens with one attached hydrogen (secondary N) is 1. The van der Waals surface area contributed by atoms with E-state index in [0.29, 0.717) is 18.7 Å². The van der Waals surface area contributed by atoms with Gasteiger partial charge in [0, 0.05) is 13.0 Å². The maximum Gasteiger partial charge on any atom is 0.296 e. The number of ether oxygens (including phenoxy) is 1. The van der Waals surface area contributed by atoms with Crippen LogP contribution >= 0.6 is 0 Å². The molecule has 1 fully saturated rings. The van der Waals surface area contributed by atoms with Crippen molar-refractivity contribution in [1.29, 1.82) is 0 Å². The summed E-state index contributed by atoms with van der Waals surface area (Å²) in [6, 6.07) is 0. The molecule has 4 nitrogen and oxygen atoms in total. The molecule has 1 aliphatic rings. The molecule has 3 N–H and O–H groups in total. The summed E-state index contributed by atoms with van der Waals surface area (Å²) in [6.07, 6.45) is 0.0481. The van der Waals surface area contributed by atoms with Crippen molar-refractivity contribution in [2.45, 2.75) is 12.5 Å². The van der Waals surface area contributed by atoms with Gasteiger partial charge in [-0.2, -0.15) is 0 Å². The molecular weight excluding hydrogens is 134 g/mol. The van der Waals surface area contributed by atoms with E-state index in [4.69, 9.17) is 10.2 Å². The van der Waals surface area contributed by atoms with Gasteiger partial charge >= 0.3 is 0 Å². The highest BCUT2D eigenvalue weighted by Crippen LogP contribution is 2.12. The quantitative estimate of drug-likeness (QED) is 0.444. The summed E-state index contributed by atoms with van der Waals surface area (Å²) >= 11 is 0. The van der Waals surface area contributed by atoms with E-state index in [1.807, 2.05) is 0 Å². The molecule has 0 unspecified atom stereocenters. The van der Waals surface area contributed by atoms with E-state index < -0.39 is 6.10 Å². The van der Waals surface area contributed by atoms with Crippen LogP contribution in [0.15, 0.2) is 11.6 Å². The first kappa shape index (κ1) is 7.21. The van der Waals surface area contributed by atoms with Gasteiger partial charge in [-0.05, 0) is 0 Å². The van der Waals surface area contributed by atoms with Gasteiger partial charge in [0.1, 0.15) is 0 Å². The standard InChI is InChI=1S/C6H11NO3/c1-10-6(9)5-2-4(8)3-7-5/h4,7-9H,2-3H2,1H3/b6-5-/t4-/m1/s1. The highest BCUT2D eigenvalue weighted by molar-refractivity contribution is 5.07. The van der Waals surface area contributed by atoms with Gasteiger partial charge in [-0.25, -0.2) is 0 Å². The van der Waals surface area contributed by atoms with Crippen molar-refractivity contribution >= 4 is 0 Å². The molecule has 1 heterocycles. The Morgan fingerprint density at radius 3 is 2.90 bits per heavy atom. The zero-order valence-corrected chi connectivity index (χ0v) is 5.79. The summed E-state index contributed by atoms with van der Waals surface area (Å²) < 4.78 is 4.54. The van der Waals surface area contributed by atoms with Crippen LogP contribution in [0, 0.1) is 0 Å². The monoisotopic (exact) mass is 145 g/mol. The van der Waals surface area contributed by atoms with Crippen LogP contribution in [0.5, 0.6) is 0 Å². The molecule has 1 atom stereocenters. The second-order valence-electron chi connectivity index (χ2n) is 2.23. The predicted molar refractivity (Wildman–Crippen MR) is 35.3 cm³/mol. The van der Waals surface area contributed by atoms with Crippen molar-refractivity contribution in [3.63, 3.8) is 0 Å².